The Morgan fingerprint density at radius 3 is 2.33 bits per heavy atom. The van der Waals surface area contributed by atoms with Crippen LogP contribution >= 0.6 is 0 Å². The number of hydrogen-bond donors (Lipinski definition) is 1. The van der Waals surface area contributed by atoms with Crippen molar-refractivity contribution in [3.8, 4) is 0 Å². The van der Waals surface area contributed by atoms with Gasteiger partial charge in [0.15, 0.2) is 9.84 Å². The van der Waals surface area contributed by atoms with Crippen molar-refractivity contribution in [3.05, 3.63) is 0 Å². The van der Waals surface area contributed by atoms with Gasteiger partial charge in [-0.15, -0.1) is 0 Å². The average Bonchev–Trinajstić information content (AvgIpc) is 2.52. The summed E-state index contributed by atoms with van der Waals surface area (Å²) in [6.07, 6.45) is 5.45. The average molecular weight is 231 g/mol. The standard InChI is InChI=1S/C11H21NO2S/c1-11(2)7-10(11)12-8-5-4-6-9(8)15(3,13)14/h8-10,12H,4-7H2,1-3H3. The van der Waals surface area contributed by atoms with Crippen LogP contribution in [0.15, 0.2) is 0 Å². The van der Waals surface area contributed by atoms with Crippen molar-refractivity contribution in [2.75, 3.05) is 6.26 Å². The molecule has 2 rings (SSSR count). The monoisotopic (exact) mass is 231 g/mol. The third-order valence-electron chi connectivity index (χ3n) is 3.93. The molecular formula is C11H21NO2S. The van der Waals surface area contributed by atoms with Crippen molar-refractivity contribution in [3.63, 3.8) is 0 Å². The zero-order valence-electron chi connectivity index (χ0n) is 9.79. The normalized spacial score (nSPS) is 39.3. The molecule has 4 heteroatoms. The molecule has 0 spiro atoms. The second-order valence-electron chi connectivity index (χ2n) is 5.82. The van der Waals surface area contributed by atoms with Crippen molar-refractivity contribution in [2.45, 2.75) is 56.9 Å². The zero-order chi connectivity index (χ0) is 11.3. The van der Waals surface area contributed by atoms with Crippen LogP contribution in [0.1, 0.15) is 39.5 Å². The minimum atomic E-state index is -2.87. The third-order valence-corrected chi connectivity index (χ3v) is 5.60. The van der Waals surface area contributed by atoms with Gasteiger partial charge in [-0.1, -0.05) is 20.3 Å². The molecule has 2 fully saturated rings. The Kier molecular flexibility index (Phi) is 2.62. The highest BCUT2D eigenvalue weighted by Crippen LogP contribution is 2.45. The number of hydrogen-bond acceptors (Lipinski definition) is 3. The molecule has 0 aliphatic heterocycles. The van der Waals surface area contributed by atoms with E-state index >= 15 is 0 Å². The third kappa shape index (κ3) is 2.36. The molecule has 15 heavy (non-hydrogen) atoms. The Bertz CT molecular complexity index is 348. The number of rotatable bonds is 3. The van der Waals surface area contributed by atoms with E-state index in [2.05, 4.69) is 19.2 Å². The molecule has 2 aliphatic carbocycles. The maximum absolute atomic E-state index is 11.6. The molecule has 2 saturated carbocycles. The van der Waals surface area contributed by atoms with Gasteiger partial charge in [0, 0.05) is 18.3 Å². The van der Waals surface area contributed by atoms with Crippen LogP contribution < -0.4 is 5.32 Å². The Labute approximate surface area is 92.6 Å². The van der Waals surface area contributed by atoms with Gasteiger partial charge >= 0.3 is 0 Å². The van der Waals surface area contributed by atoms with Crippen molar-refractivity contribution >= 4 is 9.84 Å². The van der Waals surface area contributed by atoms with Gasteiger partial charge in [0.05, 0.1) is 5.25 Å². The van der Waals surface area contributed by atoms with Crippen molar-refractivity contribution < 1.29 is 8.42 Å². The molecule has 0 aromatic carbocycles. The van der Waals surface area contributed by atoms with Crippen LogP contribution in [0, 0.1) is 5.41 Å². The van der Waals surface area contributed by atoms with E-state index in [-0.39, 0.29) is 11.3 Å². The first-order chi connectivity index (χ1) is 6.81. The van der Waals surface area contributed by atoms with Gasteiger partial charge in [0.2, 0.25) is 0 Å². The first kappa shape index (κ1) is 11.4. The molecule has 3 unspecified atom stereocenters. The summed E-state index contributed by atoms with van der Waals surface area (Å²) >= 11 is 0. The van der Waals surface area contributed by atoms with E-state index in [9.17, 15) is 8.42 Å². The first-order valence-electron chi connectivity index (χ1n) is 5.75. The molecule has 3 atom stereocenters. The fourth-order valence-corrected chi connectivity index (χ4v) is 4.05. The molecule has 0 aromatic heterocycles. The summed E-state index contributed by atoms with van der Waals surface area (Å²) in [6, 6.07) is 0.733. The maximum atomic E-state index is 11.6. The van der Waals surface area contributed by atoms with E-state index in [0.717, 1.165) is 19.3 Å². The summed E-state index contributed by atoms with van der Waals surface area (Å²) in [6.45, 7) is 4.46. The fourth-order valence-electron chi connectivity index (χ4n) is 2.64. The zero-order valence-corrected chi connectivity index (χ0v) is 10.6. The summed E-state index contributed by atoms with van der Waals surface area (Å²) < 4.78 is 23.1. The molecule has 0 aromatic rings. The molecule has 0 amide bonds. The number of nitrogens with one attached hydrogen (secondary N) is 1. The quantitative estimate of drug-likeness (QED) is 0.797. The van der Waals surface area contributed by atoms with E-state index in [1.807, 2.05) is 0 Å². The molecule has 1 N–H and O–H groups in total. The minimum absolute atomic E-state index is 0.145. The van der Waals surface area contributed by atoms with Crippen LogP contribution in [-0.2, 0) is 9.84 Å². The van der Waals surface area contributed by atoms with Gasteiger partial charge in [0.25, 0.3) is 0 Å². The number of sulfone groups is 1. The predicted octanol–water partition coefficient (Wildman–Crippen LogP) is 1.34. The highest BCUT2D eigenvalue weighted by Gasteiger charge is 2.48. The van der Waals surface area contributed by atoms with E-state index in [4.69, 9.17) is 0 Å². The van der Waals surface area contributed by atoms with Crippen LogP contribution in [0.25, 0.3) is 0 Å². The van der Waals surface area contributed by atoms with Gasteiger partial charge in [-0.2, -0.15) is 0 Å². The second-order valence-corrected chi connectivity index (χ2v) is 8.08. The summed E-state index contributed by atoms with van der Waals surface area (Å²) in [7, 11) is -2.87. The second kappa shape index (κ2) is 3.45. The molecule has 3 nitrogen and oxygen atoms in total. The summed E-state index contributed by atoms with van der Waals surface area (Å²) in [5.74, 6) is 0. The molecular weight excluding hydrogens is 210 g/mol. The van der Waals surface area contributed by atoms with Crippen LogP contribution in [0.3, 0.4) is 0 Å². The molecule has 0 saturated heterocycles. The van der Waals surface area contributed by atoms with Crippen LogP contribution in [0.4, 0.5) is 0 Å². The molecule has 0 heterocycles. The van der Waals surface area contributed by atoms with Crippen LogP contribution in [0.2, 0.25) is 0 Å². The Morgan fingerprint density at radius 1 is 1.27 bits per heavy atom. The molecule has 0 bridgehead atoms. The van der Waals surface area contributed by atoms with Crippen LogP contribution in [-0.4, -0.2) is 32.0 Å². The van der Waals surface area contributed by atoms with Gasteiger partial charge in [-0.25, -0.2) is 8.42 Å². The topological polar surface area (TPSA) is 46.2 Å². The maximum Gasteiger partial charge on any atom is 0.151 e. The van der Waals surface area contributed by atoms with E-state index in [1.54, 1.807) is 0 Å². The largest absolute Gasteiger partial charge is 0.309 e. The summed E-state index contributed by atoms with van der Waals surface area (Å²) in [5, 5.41) is 3.38. The Hall–Kier alpha value is -0.0900. The smallest absolute Gasteiger partial charge is 0.151 e. The Morgan fingerprint density at radius 2 is 1.87 bits per heavy atom. The van der Waals surface area contributed by atoms with Gasteiger partial charge < -0.3 is 5.32 Å². The van der Waals surface area contributed by atoms with E-state index in [1.165, 1.54) is 12.7 Å². The highest BCUT2D eigenvalue weighted by molar-refractivity contribution is 7.91. The first-order valence-corrected chi connectivity index (χ1v) is 7.71. The lowest BCUT2D eigenvalue weighted by molar-refractivity contribution is 0.460. The van der Waals surface area contributed by atoms with E-state index in [0.29, 0.717) is 11.5 Å². The SMILES string of the molecule is CC1(C)CC1NC1CCCC1S(C)(=O)=O. The molecule has 88 valence electrons. The molecule has 0 radical (unpaired) electrons. The Balaban J connectivity index is 1.98. The van der Waals surface area contributed by atoms with Crippen molar-refractivity contribution in [1.82, 2.24) is 5.32 Å². The van der Waals surface area contributed by atoms with E-state index < -0.39 is 9.84 Å². The van der Waals surface area contributed by atoms with Crippen molar-refractivity contribution in [2.24, 2.45) is 5.41 Å². The van der Waals surface area contributed by atoms with Crippen LogP contribution in [0.5, 0.6) is 0 Å². The summed E-state index contributed by atoms with van der Waals surface area (Å²) in [4.78, 5) is 0. The lowest BCUT2D eigenvalue weighted by atomic mass is 10.1. The summed E-state index contributed by atoms with van der Waals surface area (Å²) in [5.41, 5.74) is 0.380. The highest BCUT2D eigenvalue weighted by atomic mass is 32.2. The lowest BCUT2D eigenvalue weighted by Crippen LogP contribution is -2.42. The van der Waals surface area contributed by atoms with Crippen molar-refractivity contribution in [1.29, 1.82) is 0 Å². The van der Waals surface area contributed by atoms with Gasteiger partial charge in [0.1, 0.15) is 0 Å². The predicted molar refractivity (Wildman–Crippen MR) is 61.6 cm³/mol. The fraction of sp³-hybridized carbons (Fsp3) is 1.00. The van der Waals surface area contributed by atoms with Gasteiger partial charge in [-0.05, 0) is 24.7 Å². The lowest BCUT2D eigenvalue weighted by Gasteiger charge is -2.20. The van der Waals surface area contributed by atoms with Gasteiger partial charge in [-0.3, -0.25) is 0 Å². The minimum Gasteiger partial charge on any atom is -0.309 e. The molecule has 2 aliphatic rings.